The molecule has 2 nitrogen and oxygen atoms in total. The van der Waals surface area contributed by atoms with Gasteiger partial charge in [-0.3, -0.25) is 0 Å². The highest BCUT2D eigenvalue weighted by Gasteiger charge is 2.45. The molecule has 0 amide bonds. The monoisotopic (exact) mass is 856 g/mol. The first-order valence-corrected chi connectivity index (χ1v) is 24.0. The Morgan fingerprint density at radius 2 is 0.833 bits per heavy atom. The Morgan fingerprint density at radius 1 is 0.364 bits per heavy atom. The maximum Gasteiger partial charge on any atom is 0.252 e. The molecule has 11 rings (SSSR count). The number of hydrogen-bond donors (Lipinski definition) is 0. The quantitative estimate of drug-likeness (QED) is 0.163. The Labute approximate surface area is 394 Å². The lowest BCUT2D eigenvalue weighted by molar-refractivity contribution is 0.590. The van der Waals surface area contributed by atoms with Gasteiger partial charge in [0.1, 0.15) is 0 Å². The minimum absolute atomic E-state index is 0.0134. The molecule has 2 aliphatic heterocycles. The van der Waals surface area contributed by atoms with Gasteiger partial charge in [0.05, 0.1) is 0 Å². The Hall–Kier alpha value is -6.58. The van der Waals surface area contributed by atoms with Crippen molar-refractivity contribution in [1.82, 2.24) is 0 Å². The van der Waals surface area contributed by atoms with Crippen molar-refractivity contribution < 1.29 is 0 Å². The van der Waals surface area contributed by atoms with E-state index in [0.717, 1.165) is 5.69 Å². The highest BCUT2D eigenvalue weighted by atomic mass is 15.2. The third kappa shape index (κ3) is 6.68. The van der Waals surface area contributed by atoms with Crippen LogP contribution in [0.1, 0.15) is 104 Å². The molecule has 0 saturated heterocycles. The van der Waals surface area contributed by atoms with E-state index in [9.17, 15) is 0 Å². The molecular formula is C63H61BN2. The van der Waals surface area contributed by atoms with E-state index in [2.05, 4.69) is 256 Å². The molecule has 2 heterocycles. The lowest BCUT2D eigenvalue weighted by Crippen LogP contribution is -2.61. The largest absolute Gasteiger partial charge is 0.311 e. The molecule has 0 bridgehead atoms. The van der Waals surface area contributed by atoms with Crippen molar-refractivity contribution in [3.63, 3.8) is 0 Å². The van der Waals surface area contributed by atoms with Gasteiger partial charge in [-0.2, -0.15) is 0 Å². The van der Waals surface area contributed by atoms with Gasteiger partial charge >= 0.3 is 0 Å². The van der Waals surface area contributed by atoms with Crippen LogP contribution in [0.2, 0.25) is 0 Å². The van der Waals surface area contributed by atoms with Crippen LogP contribution in [0.25, 0.3) is 33.4 Å². The van der Waals surface area contributed by atoms with Crippen LogP contribution in [0.4, 0.5) is 34.1 Å². The summed E-state index contributed by atoms with van der Waals surface area (Å²) in [6.45, 7) is 25.7. The van der Waals surface area contributed by atoms with E-state index in [1.54, 1.807) is 0 Å². The number of benzene rings is 8. The van der Waals surface area contributed by atoms with Crippen molar-refractivity contribution in [3.8, 4) is 33.4 Å². The van der Waals surface area contributed by atoms with Gasteiger partial charge in [-0.1, -0.05) is 191 Å². The summed E-state index contributed by atoms with van der Waals surface area (Å²) >= 11 is 0. The standard InChI is InChI=1S/C63H61BN2/c1-60(2,3)44-25-30-48(31-26-44)66-55-33-24-43(40-17-13-12-14-18-40)36-53(55)64-54-37-45(61(4,5)6)27-34-56(54)65(57-38-46(62(7,8)9)39-58(66)59(57)64)47-28-21-41(22-29-47)42-23-32-50-49-19-15-16-20-51(49)63(10,11)52(50)35-42/h12-39H,1-11H3. The number of hydrogen-bond acceptors (Lipinski definition) is 2. The number of fused-ring (bicyclic) bond motifs is 7. The van der Waals surface area contributed by atoms with Gasteiger partial charge in [0.25, 0.3) is 6.71 Å². The molecule has 0 N–H and O–H groups in total. The van der Waals surface area contributed by atoms with Crippen LogP contribution in [-0.4, -0.2) is 6.71 Å². The predicted octanol–water partition coefficient (Wildman–Crippen LogP) is 15.3. The molecule has 0 spiro atoms. The summed E-state index contributed by atoms with van der Waals surface area (Å²) in [5.41, 5.74) is 25.6. The summed E-state index contributed by atoms with van der Waals surface area (Å²) in [6.07, 6.45) is 0. The minimum atomic E-state index is -0.104. The highest BCUT2D eigenvalue weighted by Crippen LogP contribution is 2.51. The molecular weight excluding hydrogens is 796 g/mol. The summed E-state index contributed by atoms with van der Waals surface area (Å²) < 4.78 is 0. The summed E-state index contributed by atoms with van der Waals surface area (Å²) in [5.74, 6) is 0. The van der Waals surface area contributed by atoms with Crippen molar-refractivity contribution in [1.29, 1.82) is 0 Å². The van der Waals surface area contributed by atoms with Crippen LogP contribution in [0.3, 0.4) is 0 Å². The van der Waals surface area contributed by atoms with Gasteiger partial charge < -0.3 is 9.80 Å². The van der Waals surface area contributed by atoms with Crippen LogP contribution in [0, 0.1) is 0 Å². The Bertz CT molecular complexity index is 3210. The van der Waals surface area contributed by atoms with E-state index in [1.807, 2.05) is 0 Å². The Kier molecular flexibility index (Phi) is 9.38. The predicted molar refractivity (Wildman–Crippen MR) is 285 cm³/mol. The van der Waals surface area contributed by atoms with Crippen LogP contribution in [-0.2, 0) is 21.7 Å². The molecule has 66 heavy (non-hydrogen) atoms. The van der Waals surface area contributed by atoms with E-state index in [-0.39, 0.29) is 28.4 Å². The van der Waals surface area contributed by atoms with Gasteiger partial charge in [0, 0.05) is 39.5 Å². The average Bonchev–Trinajstić information content (AvgIpc) is 3.53. The lowest BCUT2D eigenvalue weighted by Gasteiger charge is -2.45. The molecule has 326 valence electrons. The Balaban J connectivity index is 1.14. The maximum absolute atomic E-state index is 2.57. The van der Waals surface area contributed by atoms with Crippen molar-refractivity contribution in [3.05, 3.63) is 198 Å². The molecule has 0 radical (unpaired) electrons. The summed E-state index contributed by atoms with van der Waals surface area (Å²) in [7, 11) is 0. The maximum atomic E-state index is 2.57. The first-order valence-electron chi connectivity index (χ1n) is 24.0. The fourth-order valence-corrected chi connectivity index (χ4v) is 11.1. The minimum Gasteiger partial charge on any atom is -0.311 e. The van der Waals surface area contributed by atoms with Crippen molar-refractivity contribution in [2.24, 2.45) is 0 Å². The second kappa shape index (κ2) is 14.7. The van der Waals surface area contributed by atoms with E-state index < -0.39 is 0 Å². The smallest absolute Gasteiger partial charge is 0.252 e. The van der Waals surface area contributed by atoms with Crippen molar-refractivity contribution in [2.75, 3.05) is 9.80 Å². The zero-order valence-electron chi connectivity index (χ0n) is 40.6. The first-order chi connectivity index (χ1) is 31.4. The van der Waals surface area contributed by atoms with Crippen LogP contribution >= 0.6 is 0 Å². The van der Waals surface area contributed by atoms with Gasteiger partial charge in [-0.05, 0) is 148 Å². The second-order valence-electron chi connectivity index (χ2n) is 22.7. The molecule has 3 aliphatic rings. The molecule has 8 aromatic rings. The van der Waals surface area contributed by atoms with E-state index >= 15 is 0 Å². The van der Waals surface area contributed by atoms with Gasteiger partial charge in [-0.25, -0.2) is 0 Å². The van der Waals surface area contributed by atoms with Crippen LogP contribution in [0.5, 0.6) is 0 Å². The fraction of sp³-hybridized carbons (Fsp3) is 0.238. The molecule has 3 heteroatoms. The van der Waals surface area contributed by atoms with E-state index in [4.69, 9.17) is 0 Å². The molecule has 1 aliphatic carbocycles. The van der Waals surface area contributed by atoms with E-state index in [0.29, 0.717) is 0 Å². The highest BCUT2D eigenvalue weighted by molar-refractivity contribution is 7.00. The Morgan fingerprint density at radius 3 is 1.45 bits per heavy atom. The van der Waals surface area contributed by atoms with Crippen LogP contribution < -0.4 is 26.2 Å². The van der Waals surface area contributed by atoms with E-state index in [1.165, 1.54) is 106 Å². The van der Waals surface area contributed by atoms with Gasteiger partial charge in [-0.15, -0.1) is 0 Å². The van der Waals surface area contributed by atoms with Crippen molar-refractivity contribution in [2.45, 2.75) is 97.8 Å². The molecule has 0 unspecified atom stereocenters. The van der Waals surface area contributed by atoms with Crippen molar-refractivity contribution >= 4 is 57.2 Å². The van der Waals surface area contributed by atoms with Gasteiger partial charge in [0.2, 0.25) is 0 Å². The summed E-state index contributed by atoms with van der Waals surface area (Å²) in [5, 5.41) is 0. The molecule has 8 aromatic carbocycles. The number of rotatable bonds is 4. The normalized spacial score (nSPS) is 14.6. The zero-order valence-corrected chi connectivity index (χ0v) is 40.6. The first kappa shape index (κ1) is 42.1. The fourth-order valence-electron chi connectivity index (χ4n) is 11.1. The second-order valence-corrected chi connectivity index (χ2v) is 22.7. The zero-order chi connectivity index (χ0) is 46.1. The molecule has 0 aromatic heterocycles. The SMILES string of the molecule is CC(C)(C)c1ccc(N2c3ccc(-c4ccccc4)cc3B3c4cc(C(C)(C)C)ccc4N(c4ccc(-c5ccc6c(c5)C(C)(C)c5ccccc5-6)cc4)c4cc(C(C)(C)C)cc2c43)cc1. The summed E-state index contributed by atoms with van der Waals surface area (Å²) in [6, 6.07) is 65.2. The molecule has 0 fully saturated rings. The molecule has 0 saturated carbocycles. The third-order valence-corrected chi connectivity index (χ3v) is 14.9. The number of anilines is 6. The topological polar surface area (TPSA) is 6.48 Å². The van der Waals surface area contributed by atoms with Gasteiger partial charge in [0.15, 0.2) is 0 Å². The third-order valence-electron chi connectivity index (χ3n) is 14.9. The molecule has 0 atom stereocenters. The van der Waals surface area contributed by atoms with Crippen LogP contribution in [0.15, 0.2) is 170 Å². The lowest BCUT2D eigenvalue weighted by atomic mass is 9.33. The number of nitrogens with zero attached hydrogens (tertiary/aromatic N) is 2. The summed E-state index contributed by atoms with van der Waals surface area (Å²) in [4.78, 5) is 5.14. The average molecular weight is 857 g/mol.